The number of amides is 2. The van der Waals surface area contributed by atoms with E-state index in [1.54, 1.807) is 32.6 Å². The van der Waals surface area contributed by atoms with Gasteiger partial charge in [-0.3, -0.25) is 4.79 Å². The Bertz CT molecular complexity index is 997. The number of hydrogen-bond acceptors (Lipinski definition) is 4. The maximum absolute atomic E-state index is 15.2. The molecule has 1 aliphatic heterocycles. The van der Waals surface area contributed by atoms with E-state index < -0.39 is 35.6 Å². The van der Waals surface area contributed by atoms with E-state index in [9.17, 15) is 14.0 Å². The molecule has 9 heteroatoms. The van der Waals surface area contributed by atoms with E-state index in [0.29, 0.717) is 10.9 Å². The molecule has 7 nitrogen and oxygen atoms in total. The molecule has 1 saturated heterocycles. The third-order valence-corrected chi connectivity index (χ3v) is 5.21. The van der Waals surface area contributed by atoms with Gasteiger partial charge < -0.3 is 25.7 Å². The molecular weight excluding hydrogens is 394 g/mol. The first-order chi connectivity index (χ1) is 13.9. The van der Waals surface area contributed by atoms with Crippen molar-refractivity contribution >= 4 is 28.6 Å². The third kappa shape index (κ3) is 4.34. The Morgan fingerprint density at radius 2 is 1.97 bits per heavy atom. The highest BCUT2D eigenvalue weighted by Crippen LogP contribution is 2.37. The van der Waals surface area contributed by atoms with Crippen LogP contribution in [0.1, 0.15) is 48.8 Å². The number of aryl methyl sites for hydroxylation is 2. The minimum Gasteiger partial charge on any atom is -0.444 e. The number of aromatic amines is 1. The molecule has 1 aliphatic rings. The predicted molar refractivity (Wildman–Crippen MR) is 111 cm³/mol. The van der Waals surface area contributed by atoms with Crippen molar-refractivity contribution in [3.05, 3.63) is 28.7 Å². The Morgan fingerprint density at radius 1 is 1.30 bits per heavy atom. The topological polar surface area (TPSA) is 100 Å². The SMILES string of the molecule is Cc1[nH]c2c(C(N)=O)cc(F)c(N3C[C@@H](F)C[C@H](NC(=O)OC(C)(C)C)C3)c2c1C. The molecule has 0 saturated carbocycles. The summed E-state index contributed by atoms with van der Waals surface area (Å²) >= 11 is 0. The van der Waals surface area contributed by atoms with E-state index in [1.165, 1.54) is 0 Å². The van der Waals surface area contributed by atoms with Gasteiger partial charge in [-0.05, 0) is 46.2 Å². The molecule has 3 rings (SSSR count). The standard InChI is InChI=1S/C21H28F2N4O3/c1-10-11(2)25-17-14(19(24)28)7-15(23)18(16(10)17)27-8-12(22)6-13(9-27)26-20(29)30-21(3,4)5/h7,12-13,25H,6,8-9H2,1-5H3,(H2,24,28)(H,26,29)/t12-,13-/m0/s1. The van der Waals surface area contributed by atoms with Crippen LogP contribution < -0.4 is 16.0 Å². The maximum Gasteiger partial charge on any atom is 0.407 e. The van der Waals surface area contributed by atoms with E-state index in [0.717, 1.165) is 17.3 Å². The van der Waals surface area contributed by atoms with E-state index in [1.807, 2.05) is 6.92 Å². The van der Waals surface area contributed by atoms with Gasteiger partial charge in [0.15, 0.2) is 0 Å². The number of aromatic nitrogens is 1. The first-order valence-corrected chi connectivity index (χ1v) is 9.87. The molecular formula is C21H28F2N4O3. The normalized spacial score (nSPS) is 19.8. The zero-order chi connectivity index (χ0) is 22.4. The number of nitrogens with two attached hydrogens (primary N) is 1. The van der Waals surface area contributed by atoms with Crippen molar-refractivity contribution < 1.29 is 23.1 Å². The molecule has 164 valence electrons. The third-order valence-electron chi connectivity index (χ3n) is 5.21. The van der Waals surface area contributed by atoms with Crippen LogP contribution in [0.4, 0.5) is 19.3 Å². The number of nitrogens with zero attached hydrogens (tertiary/aromatic N) is 1. The Balaban J connectivity index is 1.98. The molecule has 2 aromatic rings. The van der Waals surface area contributed by atoms with Gasteiger partial charge in [0, 0.05) is 30.6 Å². The first kappa shape index (κ1) is 21.9. The van der Waals surface area contributed by atoms with Gasteiger partial charge in [-0.1, -0.05) is 0 Å². The second-order valence-corrected chi connectivity index (χ2v) is 8.82. The van der Waals surface area contributed by atoms with E-state index >= 15 is 4.39 Å². The molecule has 2 amide bonds. The molecule has 0 bridgehead atoms. The van der Waals surface area contributed by atoms with Crippen molar-refractivity contribution in [2.45, 2.75) is 58.9 Å². The number of nitrogens with one attached hydrogen (secondary N) is 2. The summed E-state index contributed by atoms with van der Waals surface area (Å²) < 4.78 is 35.0. The number of H-pyrrole nitrogens is 1. The van der Waals surface area contributed by atoms with Gasteiger partial charge in [-0.15, -0.1) is 0 Å². The number of rotatable bonds is 3. The van der Waals surface area contributed by atoms with Gasteiger partial charge >= 0.3 is 6.09 Å². The molecule has 30 heavy (non-hydrogen) atoms. The second-order valence-electron chi connectivity index (χ2n) is 8.82. The number of fused-ring (bicyclic) bond motifs is 1. The van der Waals surface area contributed by atoms with Gasteiger partial charge in [0.05, 0.1) is 22.8 Å². The Hall–Kier alpha value is -2.84. The van der Waals surface area contributed by atoms with Crippen LogP contribution in [0.5, 0.6) is 0 Å². The lowest BCUT2D eigenvalue weighted by atomic mass is 9.99. The van der Waals surface area contributed by atoms with Crippen molar-refractivity contribution in [2.75, 3.05) is 18.0 Å². The van der Waals surface area contributed by atoms with Crippen LogP contribution in [-0.2, 0) is 4.74 Å². The number of ether oxygens (including phenoxy) is 1. The van der Waals surface area contributed by atoms with Crippen LogP contribution in [0, 0.1) is 19.7 Å². The van der Waals surface area contributed by atoms with Gasteiger partial charge in [0.1, 0.15) is 17.6 Å². The summed E-state index contributed by atoms with van der Waals surface area (Å²) in [6.45, 7) is 8.99. The van der Waals surface area contributed by atoms with Gasteiger partial charge in [-0.25, -0.2) is 13.6 Å². The Morgan fingerprint density at radius 3 is 2.57 bits per heavy atom. The Labute approximate surface area is 173 Å². The highest BCUT2D eigenvalue weighted by atomic mass is 19.1. The van der Waals surface area contributed by atoms with E-state index in [4.69, 9.17) is 10.5 Å². The fourth-order valence-electron chi connectivity index (χ4n) is 3.91. The summed E-state index contributed by atoms with van der Waals surface area (Å²) in [5, 5.41) is 3.17. The van der Waals surface area contributed by atoms with Crippen molar-refractivity contribution in [2.24, 2.45) is 5.73 Å². The molecule has 0 spiro atoms. The summed E-state index contributed by atoms with van der Waals surface area (Å²) in [6.07, 6.45) is -1.82. The molecule has 4 N–H and O–H groups in total. The lowest BCUT2D eigenvalue weighted by molar-refractivity contribution is 0.0490. The van der Waals surface area contributed by atoms with Crippen LogP contribution in [0.3, 0.4) is 0 Å². The number of hydrogen-bond donors (Lipinski definition) is 3. The van der Waals surface area contributed by atoms with Crippen LogP contribution in [0.2, 0.25) is 0 Å². The van der Waals surface area contributed by atoms with Crippen LogP contribution in [0.25, 0.3) is 10.9 Å². The average molecular weight is 422 g/mol. The molecule has 2 heterocycles. The molecule has 0 aliphatic carbocycles. The Kier molecular flexibility index (Phi) is 5.66. The highest BCUT2D eigenvalue weighted by molar-refractivity contribution is 6.10. The molecule has 0 unspecified atom stereocenters. The van der Waals surface area contributed by atoms with Gasteiger partial charge in [0.2, 0.25) is 0 Å². The molecule has 1 aromatic heterocycles. The zero-order valence-corrected chi connectivity index (χ0v) is 17.9. The largest absolute Gasteiger partial charge is 0.444 e. The number of halogens is 2. The lowest BCUT2D eigenvalue weighted by Crippen LogP contribution is -2.52. The predicted octanol–water partition coefficient (Wildman–Crippen LogP) is 3.46. The maximum atomic E-state index is 15.2. The fraction of sp³-hybridized carbons (Fsp3) is 0.524. The highest BCUT2D eigenvalue weighted by Gasteiger charge is 2.33. The second kappa shape index (κ2) is 7.77. The first-order valence-electron chi connectivity index (χ1n) is 9.87. The van der Waals surface area contributed by atoms with Gasteiger partial charge in [-0.2, -0.15) is 0 Å². The summed E-state index contributed by atoms with van der Waals surface area (Å²) in [4.78, 5) is 28.6. The number of piperidine rings is 1. The summed E-state index contributed by atoms with van der Waals surface area (Å²) in [5.41, 5.74) is 6.91. The molecule has 0 radical (unpaired) electrons. The van der Waals surface area contributed by atoms with Crippen molar-refractivity contribution in [1.29, 1.82) is 0 Å². The average Bonchev–Trinajstić information content (AvgIpc) is 2.87. The van der Waals surface area contributed by atoms with Gasteiger partial charge in [0.25, 0.3) is 5.91 Å². The molecule has 1 fully saturated rings. The number of primary amides is 1. The van der Waals surface area contributed by atoms with Crippen molar-refractivity contribution in [3.63, 3.8) is 0 Å². The zero-order valence-electron chi connectivity index (χ0n) is 17.9. The van der Waals surface area contributed by atoms with E-state index in [2.05, 4.69) is 10.3 Å². The van der Waals surface area contributed by atoms with Crippen molar-refractivity contribution in [1.82, 2.24) is 10.3 Å². The number of alkyl carbamates (subject to hydrolysis) is 1. The quantitative estimate of drug-likeness (QED) is 0.705. The molecule has 2 atom stereocenters. The summed E-state index contributed by atoms with van der Waals surface area (Å²) in [5.74, 6) is -1.42. The monoisotopic (exact) mass is 422 g/mol. The summed E-state index contributed by atoms with van der Waals surface area (Å²) in [7, 11) is 0. The molecule has 1 aromatic carbocycles. The van der Waals surface area contributed by atoms with E-state index in [-0.39, 0.29) is 30.8 Å². The summed E-state index contributed by atoms with van der Waals surface area (Å²) in [6, 6.07) is 0.516. The number of alkyl halides is 1. The minimum atomic E-state index is -1.27. The van der Waals surface area contributed by atoms with Crippen LogP contribution in [0.15, 0.2) is 6.07 Å². The minimum absolute atomic E-state index is 0.0297. The van der Waals surface area contributed by atoms with Crippen molar-refractivity contribution in [3.8, 4) is 0 Å². The smallest absolute Gasteiger partial charge is 0.407 e. The number of carbonyl (C=O) groups is 2. The number of benzene rings is 1. The number of carbonyl (C=O) groups excluding carboxylic acids is 2. The van der Waals surface area contributed by atoms with Crippen LogP contribution in [-0.4, -0.2) is 47.9 Å². The number of anilines is 1. The lowest BCUT2D eigenvalue weighted by Gasteiger charge is -2.37. The fourth-order valence-corrected chi connectivity index (χ4v) is 3.91. The van der Waals surface area contributed by atoms with Crippen LogP contribution >= 0.6 is 0 Å².